The van der Waals surface area contributed by atoms with Gasteiger partial charge in [-0.05, 0) is 38.3 Å². The van der Waals surface area contributed by atoms with E-state index in [0.717, 1.165) is 50.2 Å². The van der Waals surface area contributed by atoms with E-state index in [1.165, 1.54) is 0 Å². The summed E-state index contributed by atoms with van der Waals surface area (Å²) in [5, 5.41) is 0. The Balaban J connectivity index is 1.30. The molecule has 1 amide bonds. The number of aromatic nitrogens is 1. The van der Waals surface area contributed by atoms with Crippen LogP contribution >= 0.6 is 0 Å². The van der Waals surface area contributed by atoms with Crippen LogP contribution in [-0.2, 0) is 20.9 Å². The van der Waals surface area contributed by atoms with Crippen LogP contribution in [0.2, 0.25) is 0 Å². The highest BCUT2D eigenvalue weighted by Gasteiger charge is 2.48. The molecule has 0 unspecified atom stereocenters. The van der Waals surface area contributed by atoms with Gasteiger partial charge in [-0.25, -0.2) is 0 Å². The Morgan fingerprint density at radius 1 is 1.48 bits per heavy atom. The third-order valence-electron chi connectivity index (χ3n) is 5.14. The third-order valence-corrected chi connectivity index (χ3v) is 5.14. The molecule has 2 aliphatic heterocycles. The Labute approximate surface area is 137 Å². The molecule has 5 nitrogen and oxygen atoms in total. The molecule has 1 aromatic rings. The van der Waals surface area contributed by atoms with Crippen LogP contribution in [0.1, 0.15) is 37.1 Å². The van der Waals surface area contributed by atoms with E-state index in [2.05, 4.69) is 4.98 Å². The normalized spacial score (nSPS) is 30.3. The van der Waals surface area contributed by atoms with Gasteiger partial charge in [0.1, 0.15) is 0 Å². The van der Waals surface area contributed by atoms with Gasteiger partial charge in [-0.1, -0.05) is 6.07 Å². The number of carbonyl (C=O) groups excluding carboxylic acids is 1. The first-order valence-corrected chi connectivity index (χ1v) is 8.60. The number of hydrogen-bond acceptors (Lipinski definition) is 4. The highest BCUT2D eigenvalue weighted by molar-refractivity contribution is 5.81. The average Bonchev–Trinajstić information content (AvgIpc) is 3.21. The molecule has 3 fully saturated rings. The van der Waals surface area contributed by atoms with Crippen LogP contribution in [-0.4, -0.2) is 47.2 Å². The fourth-order valence-electron chi connectivity index (χ4n) is 3.70. The van der Waals surface area contributed by atoms with E-state index in [1.54, 1.807) is 0 Å². The summed E-state index contributed by atoms with van der Waals surface area (Å²) >= 11 is 0. The third kappa shape index (κ3) is 3.26. The quantitative estimate of drug-likeness (QED) is 0.853. The Kier molecular flexibility index (Phi) is 3.85. The van der Waals surface area contributed by atoms with Gasteiger partial charge in [0.2, 0.25) is 5.91 Å². The molecule has 3 heterocycles. The van der Waals surface area contributed by atoms with Crippen molar-refractivity contribution < 1.29 is 14.3 Å². The predicted octanol–water partition coefficient (Wildman–Crippen LogP) is 2.08. The Morgan fingerprint density at radius 2 is 2.35 bits per heavy atom. The van der Waals surface area contributed by atoms with Crippen LogP contribution in [0.4, 0.5) is 0 Å². The fraction of sp³-hybridized carbons (Fsp3) is 0.667. The number of ether oxygens (including phenoxy) is 2. The second-order valence-electron chi connectivity index (χ2n) is 7.19. The highest BCUT2D eigenvalue weighted by Crippen LogP contribution is 2.39. The van der Waals surface area contributed by atoms with Gasteiger partial charge in [0, 0.05) is 31.1 Å². The minimum Gasteiger partial charge on any atom is -0.370 e. The summed E-state index contributed by atoms with van der Waals surface area (Å²) in [6, 6.07) is 5.98. The number of nitrogens with zero attached hydrogens (tertiary/aromatic N) is 2. The smallest absolute Gasteiger partial charge is 0.225 e. The lowest BCUT2D eigenvalue weighted by Gasteiger charge is -2.23. The first-order chi connectivity index (χ1) is 11.1. The number of aryl methyl sites for hydroxylation is 1. The lowest BCUT2D eigenvalue weighted by molar-refractivity contribution is -0.132. The van der Waals surface area contributed by atoms with Crippen molar-refractivity contribution in [1.29, 1.82) is 0 Å². The van der Waals surface area contributed by atoms with Crippen LogP contribution in [0.25, 0.3) is 0 Å². The van der Waals surface area contributed by atoms with Crippen molar-refractivity contribution in [2.24, 2.45) is 5.92 Å². The average molecular weight is 316 g/mol. The summed E-state index contributed by atoms with van der Waals surface area (Å²) in [4.78, 5) is 18.7. The summed E-state index contributed by atoms with van der Waals surface area (Å²) < 4.78 is 12.1. The first kappa shape index (κ1) is 15.1. The maximum Gasteiger partial charge on any atom is 0.225 e. The van der Waals surface area contributed by atoms with E-state index < -0.39 is 0 Å². The number of hydrogen-bond donors (Lipinski definition) is 0. The zero-order chi connectivity index (χ0) is 15.9. The van der Waals surface area contributed by atoms with Gasteiger partial charge in [-0.2, -0.15) is 0 Å². The van der Waals surface area contributed by atoms with Crippen molar-refractivity contribution in [3.05, 3.63) is 29.6 Å². The topological polar surface area (TPSA) is 51.7 Å². The molecule has 1 spiro atoms. The molecule has 0 bridgehead atoms. The van der Waals surface area contributed by atoms with Crippen molar-refractivity contribution in [1.82, 2.24) is 9.88 Å². The maximum absolute atomic E-state index is 12.2. The summed E-state index contributed by atoms with van der Waals surface area (Å²) in [6.45, 7) is 4.71. The predicted molar refractivity (Wildman–Crippen MR) is 84.8 cm³/mol. The van der Waals surface area contributed by atoms with Crippen LogP contribution in [0.3, 0.4) is 0 Å². The van der Waals surface area contributed by atoms with E-state index in [9.17, 15) is 4.79 Å². The van der Waals surface area contributed by atoms with Crippen molar-refractivity contribution in [3.63, 3.8) is 0 Å². The number of pyridine rings is 1. The molecule has 124 valence electrons. The van der Waals surface area contributed by atoms with Gasteiger partial charge >= 0.3 is 0 Å². The van der Waals surface area contributed by atoms with E-state index in [0.29, 0.717) is 25.0 Å². The fourth-order valence-corrected chi connectivity index (χ4v) is 3.70. The molecular weight excluding hydrogens is 292 g/mol. The molecule has 23 heavy (non-hydrogen) atoms. The van der Waals surface area contributed by atoms with Crippen molar-refractivity contribution in [3.8, 4) is 0 Å². The molecule has 1 saturated carbocycles. The Bertz CT molecular complexity index is 602. The molecule has 1 aliphatic carbocycles. The number of likely N-dealkylation sites (tertiary alicyclic amines) is 1. The van der Waals surface area contributed by atoms with Gasteiger partial charge in [-0.3, -0.25) is 9.78 Å². The zero-order valence-corrected chi connectivity index (χ0v) is 13.7. The van der Waals surface area contributed by atoms with Crippen molar-refractivity contribution in [2.75, 3.05) is 19.7 Å². The van der Waals surface area contributed by atoms with Crippen LogP contribution in [0, 0.1) is 12.8 Å². The highest BCUT2D eigenvalue weighted by atomic mass is 16.6. The van der Waals surface area contributed by atoms with E-state index in [4.69, 9.17) is 9.47 Å². The number of amides is 1. The number of carbonyl (C=O) groups is 1. The van der Waals surface area contributed by atoms with Crippen molar-refractivity contribution in [2.45, 2.75) is 50.9 Å². The molecule has 0 radical (unpaired) electrons. The molecule has 4 rings (SSSR count). The number of rotatable bonds is 4. The van der Waals surface area contributed by atoms with Crippen molar-refractivity contribution >= 4 is 5.91 Å². The zero-order valence-electron chi connectivity index (χ0n) is 13.7. The lowest BCUT2D eigenvalue weighted by Crippen LogP contribution is -2.36. The van der Waals surface area contributed by atoms with Gasteiger partial charge in [0.15, 0.2) is 0 Å². The summed E-state index contributed by atoms with van der Waals surface area (Å²) in [7, 11) is 0. The van der Waals surface area contributed by atoms with E-state index >= 15 is 0 Å². The summed E-state index contributed by atoms with van der Waals surface area (Å²) in [5.74, 6) is 0.629. The Morgan fingerprint density at radius 3 is 3.13 bits per heavy atom. The molecule has 5 heteroatoms. The molecule has 0 N–H and O–H groups in total. The van der Waals surface area contributed by atoms with Crippen LogP contribution in [0.5, 0.6) is 0 Å². The minimum atomic E-state index is -0.171. The summed E-state index contributed by atoms with van der Waals surface area (Å²) in [5.41, 5.74) is 1.80. The van der Waals surface area contributed by atoms with E-state index in [1.807, 2.05) is 30.0 Å². The first-order valence-electron chi connectivity index (χ1n) is 8.60. The molecule has 2 atom stereocenters. The van der Waals surface area contributed by atoms with E-state index in [-0.39, 0.29) is 11.7 Å². The molecule has 2 saturated heterocycles. The largest absolute Gasteiger partial charge is 0.370 e. The second kappa shape index (κ2) is 5.87. The SMILES string of the molecule is Cc1cccc(CO[C@H]2CO[C@]3(CCN(C(=O)C4CC4)C3)C2)n1. The second-order valence-corrected chi connectivity index (χ2v) is 7.19. The summed E-state index contributed by atoms with van der Waals surface area (Å²) in [6.07, 6.45) is 4.06. The van der Waals surface area contributed by atoms with Gasteiger partial charge < -0.3 is 14.4 Å². The molecular formula is C18H24N2O3. The maximum atomic E-state index is 12.2. The lowest BCUT2D eigenvalue weighted by atomic mass is 9.98. The molecule has 0 aromatic carbocycles. The van der Waals surface area contributed by atoms with Crippen LogP contribution in [0.15, 0.2) is 18.2 Å². The van der Waals surface area contributed by atoms with Gasteiger partial charge in [-0.15, -0.1) is 0 Å². The van der Waals surface area contributed by atoms with Gasteiger partial charge in [0.05, 0.1) is 30.6 Å². The molecule has 1 aromatic heterocycles. The minimum absolute atomic E-state index is 0.105. The Hall–Kier alpha value is -1.46. The monoisotopic (exact) mass is 316 g/mol. The molecule has 3 aliphatic rings. The van der Waals surface area contributed by atoms with Gasteiger partial charge in [0.25, 0.3) is 0 Å². The van der Waals surface area contributed by atoms with Crippen LogP contribution < -0.4 is 0 Å². The standard InChI is InChI=1S/C18H24N2O3/c1-13-3-2-4-15(19-13)10-22-16-9-18(23-11-16)7-8-20(12-18)17(21)14-5-6-14/h2-4,14,16H,5-12H2,1H3/t16-,18-/m1/s1.